The summed E-state index contributed by atoms with van der Waals surface area (Å²) < 4.78 is 16.1. The molecule has 1 amide bonds. The van der Waals surface area contributed by atoms with Crippen LogP contribution in [0.15, 0.2) is 30.5 Å². The lowest BCUT2D eigenvalue weighted by molar-refractivity contribution is 0.0976. The molecule has 4 heterocycles. The topological polar surface area (TPSA) is 132 Å². The third-order valence-corrected chi connectivity index (χ3v) is 7.59. The predicted molar refractivity (Wildman–Crippen MR) is 124 cm³/mol. The number of benzene rings is 1. The lowest BCUT2D eigenvalue weighted by Gasteiger charge is -2.42. The average molecular weight is 464 g/mol. The van der Waals surface area contributed by atoms with Gasteiger partial charge < -0.3 is 16.4 Å². The number of hydrogen-bond donors (Lipinski definition) is 2. The maximum Gasteiger partial charge on any atom is 0.283 e. The first-order chi connectivity index (χ1) is 16.5. The molecule has 34 heavy (non-hydrogen) atoms. The molecular weight excluding hydrogens is 437 g/mol. The molecule has 2 aromatic heterocycles. The van der Waals surface area contributed by atoms with Gasteiger partial charge in [-0.05, 0) is 48.3 Å². The normalized spacial score (nSPS) is 20.9. The van der Waals surface area contributed by atoms with Crippen molar-refractivity contribution in [2.75, 3.05) is 35.2 Å². The van der Waals surface area contributed by atoms with Gasteiger partial charge >= 0.3 is 0 Å². The second-order valence-electron chi connectivity index (χ2n) is 9.38. The van der Waals surface area contributed by atoms with Crippen LogP contribution in [0, 0.1) is 11.2 Å². The number of rotatable bonds is 2. The van der Waals surface area contributed by atoms with Gasteiger partial charge in [-0.25, -0.2) is 9.07 Å². The van der Waals surface area contributed by atoms with Gasteiger partial charge in [-0.2, -0.15) is 10.1 Å². The Morgan fingerprint density at radius 2 is 1.94 bits per heavy atom. The van der Waals surface area contributed by atoms with Crippen molar-refractivity contribution in [2.45, 2.75) is 38.3 Å². The SMILES string of the molecule is Nc1nc(N2CCC3(CC2)Cc2c(F)cccc2[C@H]3N)nnc1C(=O)N1CCCn2nccc21. The minimum atomic E-state index is -0.334. The number of hydrogen-bond acceptors (Lipinski definition) is 8. The summed E-state index contributed by atoms with van der Waals surface area (Å²) in [5.74, 6) is 0.652. The summed E-state index contributed by atoms with van der Waals surface area (Å²) >= 11 is 0. The summed E-state index contributed by atoms with van der Waals surface area (Å²) in [5, 5.41) is 12.6. The first kappa shape index (κ1) is 21.0. The predicted octanol–water partition coefficient (Wildman–Crippen LogP) is 1.68. The van der Waals surface area contributed by atoms with Crippen LogP contribution in [0.5, 0.6) is 0 Å². The lowest BCUT2D eigenvalue weighted by Crippen LogP contribution is -2.45. The van der Waals surface area contributed by atoms with E-state index < -0.39 is 0 Å². The third-order valence-electron chi connectivity index (χ3n) is 7.59. The summed E-state index contributed by atoms with van der Waals surface area (Å²) in [6.45, 7) is 2.64. The average Bonchev–Trinajstić information content (AvgIpc) is 3.43. The van der Waals surface area contributed by atoms with Gasteiger partial charge in [0.05, 0.1) is 6.20 Å². The third kappa shape index (κ3) is 3.14. The Labute approximate surface area is 195 Å². The van der Waals surface area contributed by atoms with Crippen molar-refractivity contribution in [2.24, 2.45) is 11.1 Å². The van der Waals surface area contributed by atoms with Crippen LogP contribution < -0.4 is 21.3 Å². The van der Waals surface area contributed by atoms with Crippen molar-refractivity contribution in [3.63, 3.8) is 0 Å². The summed E-state index contributed by atoms with van der Waals surface area (Å²) in [6.07, 6.45) is 4.67. The first-order valence-electron chi connectivity index (χ1n) is 11.6. The zero-order valence-corrected chi connectivity index (χ0v) is 18.7. The standard InChI is InChI=1S/C23H26FN9O/c24-16-4-1-3-14-15(16)13-23(19(14)25)6-11-31(12-7-23)22-28-20(26)18(29-30-22)21(34)32-9-2-10-33-17(32)5-8-27-33/h1,3-5,8,19H,2,6-7,9-13,25H2,(H2,26,28,30)/t19-/m1/s1. The van der Waals surface area contributed by atoms with Gasteiger partial charge in [0.25, 0.3) is 5.91 Å². The number of carbonyl (C=O) groups is 1. The summed E-state index contributed by atoms with van der Waals surface area (Å²) in [6, 6.07) is 6.77. The molecule has 1 atom stereocenters. The number of nitrogen functional groups attached to an aromatic ring is 1. The van der Waals surface area contributed by atoms with Crippen molar-refractivity contribution < 1.29 is 9.18 Å². The van der Waals surface area contributed by atoms with Crippen LogP contribution in [-0.4, -0.2) is 50.5 Å². The molecule has 3 aromatic rings. The van der Waals surface area contributed by atoms with Gasteiger partial charge in [-0.15, -0.1) is 10.2 Å². The van der Waals surface area contributed by atoms with E-state index in [1.807, 2.05) is 11.0 Å². The molecule has 3 aliphatic rings. The second kappa shape index (κ2) is 7.73. The molecule has 1 aliphatic carbocycles. The van der Waals surface area contributed by atoms with Gasteiger partial charge in [0.1, 0.15) is 11.6 Å². The van der Waals surface area contributed by atoms with E-state index in [0.717, 1.165) is 36.9 Å². The van der Waals surface area contributed by atoms with E-state index in [0.29, 0.717) is 37.8 Å². The number of carbonyl (C=O) groups excluding carboxylic acids is 1. The van der Waals surface area contributed by atoms with E-state index in [2.05, 4.69) is 20.3 Å². The lowest BCUT2D eigenvalue weighted by atomic mass is 9.73. The number of nitrogens with zero attached hydrogens (tertiary/aromatic N) is 7. The highest BCUT2D eigenvalue weighted by atomic mass is 19.1. The molecule has 2 aliphatic heterocycles. The van der Waals surface area contributed by atoms with Crippen LogP contribution in [0.3, 0.4) is 0 Å². The molecule has 1 spiro atoms. The highest BCUT2D eigenvalue weighted by Crippen LogP contribution is 2.51. The Balaban J connectivity index is 1.18. The largest absolute Gasteiger partial charge is 0.382 e. The van der Waals surface area contributed by atoms with Gasteiger partial charge in [0.15, 0.2) is 11.5 Å². The number of piperidine rings is 1. The minimum absolute atomic E-state index is 0.0376. The number of halogens is 1. The van der Waals surface area contributed by atoms with Crippen LogP contribution in [-0.2, 0) is 13.0 Å². The Morgan fingerprint density at radius 3 is 2.71 bits per heavy atom. The van der Waals surface area contributed by atoms with Crippen molar-refractivity contribution >= 4 is 23.5 Å². The highest BCUT2D eigenvalue weighted by molar-refractivity contribution is 6.07. The fraction of sp³-hybridized carbons (Fsp3) is 0.435. The van der Waals surface area contributed by atoms with E-state index in [-0.39, 0.29) is 34.7 Å². The summed E-state index contributed by atoms with van der Waals surface area (Å²) in [4.78, 5) is 21.1. The first-order valence-corrected chi connectivity index (χ1v) is 11.6. The maximum absolute atomic E-state index is 14.3. The van der Waals surface area contributed by atoms with Crippen molar-refractivity contribution in [1.29, 1.82) is 0 Å². The number of fused-ring (bicyclic) bond motifs is 2. The zero-order chi connectivity index (χ0) is 23.4. The van der Waals surface area contributed by atoms with Crippen molar-refractivity contribution in [1.82, 2.24) is 25.0 Å². The van der Waals surface area contributed by atoms with Crippen LogP contribution in [0.1, 0.15) is 46.9 Å². The molecule has 4 N–H and O–H groups in total. The molecular formula is C23H26FN9O. The number of anilines is 3. The summed E-state index contributed by atoms with van der Waals surface area (Å²) in [5.41, 5.74) is 14.3. The van der Waals surface area contributed by atoms with E-state index in [1.165, 1.54) is 6.07 Å². The monoisotopic (exact) mass is 463 g/mol. The fourth-order valence-electron chi connectivity index (χ4n) is 5.65. The maximum atomic E-state index is 14.3. The number of aromatic nitrogens is 5. The molecule has 1 aromatic carbocycles. The van der Waals surface area contributed by atoms with E-state index >= 15 is 0 Å². The second-order valence-corrected chi connectivity index (χ2v) is 9.38. The molecule has 11 heteroatoms. The Hall–Kier alpha value is -3.60. The molecule has 1 fully saturated rings. The smallest absolute Gasteiger partial charge is 0.283 e. The van der Waals surface area contributed by atoms with Crippen molar-refractivity contribution in [3.8, 4) is 0 Å². The molecule has 6 rings (SSSR count). The Kier molecular flexibility index (Phi) is 4.76. The van der Waals surface area contributed by atoms with Gasteiger partial charge in [-0.3, -0.25) is 9.69 Å². The zero-order valence-electron chi connectivity index (χ0n) is 18.7. The number of aryl methyl sites for hydroxylation is 1. The van der Waals surface area contributed by atoms with Gasteiger partial charge in [0, 0.05) is 38.3 Å². The molecule has 10 nitrogen and oxygen atoms in total. The molecule has 176 valence electrons. The molecule has 0 unspecified atom stereocenters. The molecule has 0 radical (unpaired) electrons. The van der Waals surface area contributed by atoms with Crippen LogP contribution in [0.4, 0.5) is 22.0 Å². The fourth-order valence-corrected chi connectivity index (χ4v) is 5.65. The van der Waals surface area contributed by atoms with E-state index in [4.69, 9.17) is 11.5 Å². The van der Waals surface area contributed by atoms with Gasteiger partial charge in [0.2, 0.25) is 5.95 Å². The van der Waals surface area contributed by atoms with Gasteiger partial charge in [-0.1, -0.05) is 12.1 Å². The van der Waals surface area contributed by atoms with E-state index in [9.17, 15) is 9.18 Å². The highest BCUT2D eigenvalue weighted by Gasteiger charge is 2.47. The van der Waals surface area contributed by atoms with Crippen molar-refractivity contribution in [3.05, 3.63) is 53.1 Å². The molecule has 1 saturated heterocycles. The Morgan fingerprint density at radius 1 is 1.12 bits per heavy atom. The minimum Gasteiger partial charge on any atom is -0.382 e. The molecule has 0 bridgehead atoms. The molecule has 0 saturated carbocycles. The Bertz CT molecular complexity index is 1270. The number of nitrogens with two attached hydrogens (primary N) is 2. The quantitative estimate of drug-likeness (QED) is 0.587. The summed E-state index contributed by atoms with van der Waals surface area (Å²) in [7, 11) is 0. The van der Waals surface area contributed by atoms with E-state index in [1.54, 1.807) is 27.9 Å². The number of amides is 1. The van der Waals surface area contributed by atoms with Crippen LogP contribution in [0.2, 0.25) is 0 Å². The van der Waals surface area contributed by atoms with Crippen LogP contribution in [0.25, 0.3) is 0 Å². The van der Waals surface area contributed by atoms with Crippen LogP contribution >= 0.6 is 0 Å².